The summed E-state index contributed by atoms with van der Waals surface area (Å²) in [7, 11) is 0. The molecule has 1 aromatic heterocycles. The summed E-state index contributed by atoms with van der Waals surface area (Å²) < 4.78 is 1.31. The molecule has 6 heteroatoms. The van der Waals surface area contributed by atoms with Crippen molar-refractivity contribution in [3.63, 3.8) is 0 Å². The number of carbonyl (C=O) groups excluding carboxylic acids is 1. The maximum absolute atomic E-state index is 12.5. The van der Waals surface area contributed by atoms with Crippen molar-refractivity contribution in [2.45, 2.75) is 31.8 Å². The molecule has 126 valence electrons. The minimum atomic E-state index is -0.418. The van der Waals surface area contributed by atoms with Gasteiger partial charge in [-0.2, -0.15) is 5.10 Å². The third-order valence-corrected chi connectivity index (χ3v) is 4.58. The number of rotatable bonds is 6. The van der Waals surface area contributed by atoms with Crippen LogP contribution in [0, 0.1) is 5.92 Å². The normalized spacial score (nSPS) is 16.4. The van der Waals surface area contributed by atoms with Crippen LogP contribution in [0.3, 0.4) is 0 Å². The Balaban J connectivity index is 1.80. The molecule has 1 heterocycles. The van der Waals surface area contributed by atoms with E-state index >= 15 is 0 Å². The number of aromatic nitrogens is 2. The Kier molecular flexibility index (Phi) is 4.49. The van der Waals surface area contributed by atoms with Crippen LogP contribution >= 0.6 is 0 Å². The summed E-state index contributed by atoms with van der Waals surface area (Å²) in [5.74, 6) is 0.123. The Morgan fingerprint density at radius 1 is 1.29 bits per heavy atom. The fourth-order valence-corrected chi connectivity index (χ4v) is 2.80. The highest BCUT2D eigenvalue weighted by Crippen LogP contribution is 2.39. The lowest BCUT2D eigenvalue weighted by molar-refractivity contribution is 0.0890. The van der Waals surface area contributed by atoms with Gasteiger partial charge in [0.2, 0.25) is 0 Å². The van der Waals surface area contributed by atoms with Gasteiger partial charge in [-0.1, -0.05) is 30.3 Å². The summed E-state index contributed by atoms with van der Waals surface area (Å²) in [6, 6.07) is 12.4. The van der Waals surface area contributed by atoms with Crippen LogP contribution in [0.15, 0.2) is 47.3 Å². The molecule has 0 bridgehead atoms. The molecule has 1 aliphatic carbocycles. The standard InChI is InChI=1S/C18H22N4O2/c1-18(12-19,14-7-8-14)20-17(24)15-9-10-16(23)22(21-15)11-13-5-3-2-4-6-13/h2-6,9-10,14H,7-8,11-12,19H2,1H3,(H,20,24). The first kappa shape index (κ1) is 16.4. The van der Waals surface area contributed by atoms with Gasteiger partial charge in [-0.3, -0.25) is 9.59 Å². The zero-order valence-corrected chi connectivity index (χ0v) is 13.7. The molecule has 3 rings (SSSR count). The summed E-state index contributed by atoms with van der Waals surface area (Å²) in [4.78, 5) is 24.5. The Bertz CT molecular complexity index is 783. The highest BCUT2D eigenvalue weighted by molar-refractivity contribution is 5.92. The Morgan fingerprint density at radius 3 is 2.62 bits per heavy atom. The fourth-order valence-electron chi connectivity index (χ4n) is 2.80. The molecule has 1 saturated carbocycles. The van der Waals surface area contributed by atoms with E-state index in [4.69, 9.17) is 5.73 Å². The Labute approximate surface area is 140 Å². The largest absolute Gasteiger partial charge is 0.344 e. The van der Waals surface area contributed by atoms with E-state index in [2.05, 4.69) is 10.4 Å². The van der Waals surface area contributed by atoms with Crippen LogP contribution in [0.5, 0.6) is 0 Å². The van der Waals surface area contributed by atoms with E-state index in [1.165, 1.54) is 16.8 Å². The fraction of sp³-hybridized carbons (Fsp3) is 0.389. The van der Waals surface area contributed by atoms with Crippen LogP contribution in [0.1, 0.15) is 35.8 Å². The molecular formula is C18H22N4O2. The molecule has 1 amide bonds. The first-order valence-electron chi connectivity index (χ1n) is 8.16. The average Bonchev–Trinajstić information content (AvgIpc) is 3.43. The summed E-state index contributed by atoms with van der Waals surface area (Å²) in [6.45, 7) is 2.67. The lowest BCUT2D eigenvalue weighted by atomic mass is 9.96. The van der Waals surface area contributed by atoms with Gasteiger partial charge in [-0.05, 0) is 37.3 Å². The lowest BCUT2D eigenvalue weighted by Crippen LogP contribution is -2.53. The molecule has 1 atom stereocenters. The van der Waals surface area contributed by atoms with E-state index < -0.39 is 5.54 Å². The zero-order chi connectivity index (χ0) is 17.2. The number of amides is 1. The van der Waals surface area contributed by atoms with E-state index in [0.29, 0.717) is 19.0 Å². The van der Waals surface area contributed by atoms with Gasteiger partial charge >= 0.3 is 0 Å². The predicted octanol–water partition coefficient (Wildman–Crippen LogP) is 1.15. The molecule has 24 heavy (non-hydrogen) atoms. The van der Waals surface area contributed by atoms with Gasteiger partial charge in [-0.25, -0.2) is 4.68 Å². The molecule has 2 aromatic rings. The first-order valence-corrected chi connectivity index (χ1v) is 8.16. The molecule has 0 saturated heterocycles. The van der Waals surface area contributed by atoms with Crippen molar-refractivity contribution >= 4 is 5.91 Å². The predicted molar refractivity (Wildman–Crippen MR) is 91.7 cm³/mol. The van der Waals surface area contributed by atoms with Crippen molar-refractivity contribution in [1.29, 1.82) is 0 Å². The molecule has 1 fully saturated rings. The maximum atomic E-state index is 12.5. The van der Waals surface area contributed by atoms with Crippen LogP contribution in [-0.2, 0) is 6.54 Å². The van der Waals surface area contributed by atoms with Crippen LogP contribution < -0.4 is 16.6 Å². The second-order valence-electron chi connectivity index (χ2n) is 6.55. The Hall–Kier alpha value is -2.47. The van der Waals surface area contributed by atoms with Crippen molar-refractivity contribution in [2.24, 2.45) is 11.7 Å². The van der Waals surface area contributed by atoms with Crippen molar-refractivity contribution < 1.29 is 4.79 Å². The number of nitrogens with two attached hydrogens (primary N) is 1. The van der Waals surface area contributed by atoms with Gasteiger partial charge in [0.15, 0.2) is 0 Å². The van der Waals surface area contributed by atoms with E-state index in [1.54, 1.807) is 0 Å². The second kappa shape index (κ2) is 6.57. The third kappa shape index (κ3) is 3.54. The van der Waals surface area contributed by atoms with Crippen molar-refractivity contribution in [2.75, 3.05) is 6.54 Å². The third-order valence-electron chi connectivity index (χ3n) is 4.58. The lowest BCUT2D eigenvalue weighted by Gasteiger charge is -2.29. The summed E-state index contributed by atoms with van der Waals surface area (Å²) in [5, 5.41) is 7.21. The van der Waals surface area contributed by atoms with Crippen LogP contribution in [-0.4, -0.2) is 27.8 Å². The topological polar surface area (TPSA) is 90.0 Å². The molecular weight excluding hydrogens is 304 g/mol. The Morgan fingerprint density at radius 2 is 2.00 bits per heavy atom. The highest BCUT2D eigenvalue weighted by atomic mass is 16.2. The highest BCUT2D eigenvalue weighted by Gasteiger charge is 2.41. The van der Waals surface area contributed by atoms with Gasteiger partial charge in [0.25, 0.3) is 11.5 Å². The summed E-state index contributed by atoms with van der Waals surface area (Å²) in [5.41, 5.74) is 6.37. The molecule has 1 unspecified atom stereocenters. The van der Waals surface area contributed by atoms with Gasteiger partial charge in [0.1, 0.15) is 5.69 Å². The number of benzene rings is 1. The average molecular weight is 326 g/mol. The van der Waals surface area contributed by atoms with Gasteiger partial charge in [0.05, 0.1) is 12.1 Å². The van der Waals surface area contributed by atoms with Crippen LogP contribution in [0.25, 0.3) is 0 Å². The molecule has 1 aliphatic rings. The minimum Gasteiger partial charge on any atom is -0.344 e. The number of hydrogen-bond donors (Lipinski definition) is 2. The molecule has 3 N–H and O–H groups in total. The molecule has 0 spiro atoms. The van der Waals surface area contributed by atoms with Gasteiger partial charge in [0, 0.05) is 12.6 Å². The van der Waals surface area contributed by atoms with Crippen LogP contribution in [0.2, 0.25) is 0 Å². The first-order chi connectivity index (χ1) is 11.5. The summed E-state index contributed by atoms with van der Waals surface area (Å²) in [6.07, 6.45) is 2.16. The van der Waals surface area contributed by atoms with E-state index in [1.807, 2.05) is 37.3 Å². The maximum Gasteiger partial charge on any atom is 0.272 e. The van der Waals surface area contributed by atoms with E-state index in [-0.39, 0.29) is 17.2 Å². The molecule has 6 nitrogen and oxygen atoms in total. The number of nitrogens with one attached hydrogen (secondary N) is 1. The van der Waals surface area contributed by atoms with Crippen molar-refractivity contribution in [3.05, 3.63) is 64.1 Å². The summed E-state index contributed by atoms with van der Waals surface area (Å²) >= 11 is 0. The molecule has 0 aliphatic heterocycles. The smallest absolute Gasteiger partial charge is 0.272 e. The minimum absolute atomic E-state index is 0.228. The van der Waals surface area contributed by atoms with E-state index in [9.17, 15) is 9.59 Å². The monoisotopic (exact) mass is 326 g/mol. The molecule has 0 radical (unpaired) electrons. The van der Waals surface area contributed by atoms with Crippen molar-refractivity contribution in [1.82, 2.24) is 15.1 Å². The molecule has 1 aromatic carbocycles. The van der Waals surface area contributed by atoms with E-state index in [0.717, 1.165) is 18.4 Å². The van der Waals surface area contributed by atoms with Gasteiger partial charge < -0.3 is 11.1 Å². The zero-order valence-electron chi connectivity index (χ0n) is 13.7. The second-order valence-corrected chi connectivity index (χ2v) is 6.55. The number of hydrogen-bond acceptors (Lipinski definition) is 4. The van der Waals surface area contributed by atoms with Crippen LogP contribution in [0.4, 0.5) is 0 Å². The quantitative estimate of drug-likeness (QED) is 0.833. The SMILES string of the molecule is CC(CN)(NC(=O)c1ccc(=O)n(Cc2ccccc2)n1)C1CC1. The van der Waals surface area contributed by atoms with Crippen molar-refractivity contribution in [3.8, 4) is 0 Å². The number of carbonyl (C=O) groups is 1. The van der Waals surface area contributed by atoms with Gasteiger partial charge in [-0.15, -0.1) is 0 Å². The number of nitrogens with zero attached hydrogens (tertiary/aromatic N) is 2.